The van der Waals surface area contributed by atoms with Crippen molar-refractivity contribution in [1.82, 2.24) is 0 Å². The number of nitro groups is 1. The molecule has 8 heteroatoms. The number of carbonyl (C=O) groups excluding carboxylic acids is 1. The van der Waals surface area contributed by atoms with Gasteiger partial charge in [0.2, 0.25) is 5.91 Å². The first-order valence-electron chi connectivity index (χ1n) is 6.96. The van der Waals surface area contributed by atoms with Gasteiger partial charge in [-0.05, 0) is 37.3 Å². The maximum atomic E-state index is 12.2. The minimum absolute atomic E-state index is 0.0179. The highest BCUT2D eigenvalue weighted by Crippen LogP contribution is 2.29. The summed E-state index contributed by atoms with van der Waals surface area (Å²) >= 11 is 7.34. The Kier molecular flexibility index (Phi) is 6.05. The molecular weight excluding hydrogens is 352 g/mol. The molecule has 1 amide bonds. The molecule has 2 aromatic carbocycles. The summed E-state index contributed by atoms with van der Waals surface area (Å²) in [5.74, 6) is 0.336. The molecule has 0 aliphatic heterocycles. The van der Waals surface area contributed by atoms with Crippen LogP contribution in [0.1, 0.15) is 6.92 Å². The van der Waals surface area contributed by atoms with Crippen LogP contribution in [0.25, 0.3) is 0 Å². The Morgan fingerprint density at radius 3 is 2.50 bits per heavy atom. The summed E-state index contributed by atoms with van der Waals surface area (Å²) in [5.41, 5.74) is 0.589. The third-order valence-corrected chi connectivity index (χ3v) is 4.56. The van der Waals surface area contributed by atoms with Gasteiger partial charge in [-0.1, -0.05) is 11.6 Å². The maximum Gasteiger partial charge on any atom is 0.269 e. The summed E-state index contributed by atoms with van der Waals surface area (Å²) in [7, 11) is 1.52. The van der Waals surface area contributed by atoms with E-state index in [4.69, 9.17) is 16.3 Å². The second kappa shape index (κ2) is 8.03. The molecule has 0 fully saturated rings. The molecule has 0 spiro atoms. The Labute approximate surface area is 148 Å². The number of amides is 1. The molecule has 0 aliphatic carbocycles. The van der Waals surface area contributed by atoms with Crippen molar-refractivity contribution < 1.29 is 14.5 Å². The van der Waals surface area contributed by atoms with Gasteiger partial charge in [-0.3, -0.25) is 14.9 Å². The molecule has 126 valence electrons. The average Bonchev–Trinajstić information content (AvgIpc) is 2.55. The standard InChI is InChI=1S/C16H15ClN2O4S/c1-10(24-13-6-4-12(5-7-13)19(21)22)16(20)18-11-3-8-15(23-2)14(17)9-11/h3-10H,1-2H3,(H,18,20)/t10-/m1/s1. The summed E-state index contributed by atoms with van der Waals surface area (Å²) in [5, 5.41) is 13.4. The van der Waals surface area contributed by atoms with Gasteiger partial charge in [-0.2, -0.15) is 0 Å². The van der Waals surface area contributed by atoms with Gasteiger partial charge in [0.15, 0.2) is 0 Å². The Hall–Kier alpha value is -2.25. The monoisotopic (exact) mass is 366 g/mol. The van der Waals surface area contributed by atoms with Crippen molar-refractivity contribution >= 4 is 40.6 Å². The van der Waals surface area contributed by atoms with Crippen molar-refractivity contribution in [2.45, 2.75) is 17.1 Å². The molecule has 0 saturated carbocycles. The number of benzene rings is 2. The molecule has 0 radical (unpaired) electrons. The molecule has 0 aromatic heterocycles. The number of ether oxygens (including phenoxy) is 1. The SMILES string of the molecule is COc1ccc(NC(=O)[C@@H](C)Sc2ccc([N+](=O)[O-])cc2)cc1Cl. The van der Waals surface area contributed by atoms with E-state index in [1.807, 2.05) is 0 Å². The largest absolute Gasteiger partial charge is 0.495 e. The van der Waals surface area contributed by atoms with Gasteiger partial charge in [0.1, 0.15) is 5.75 Å². The van der Waals surface area contributed by atoms with E-state index in [9.17, 15) is 14.9 Å². The zero-order chi connectivity index (χ0) is 17.7. The lowest BCUT2D eigenvalue weighted by atomic mass is 10.3. The van der Waals surface area contributed by atoms with Crippen LogP contribution in [-0.4, -0.2) is 23.2 Å². The Morgan fingerprint density at radius 2 is 1.96 bits per heavy atom. The molecule has 6 nitrogen and oxygen atoms in total. The van der Waals surface area contributed by atoms with E-state index in [-0.39, 0.29) is 16.8 Å². The lowest BCUT2D eigenvalue weighted by Crippen LogP contribution is -2.22. The molecule has 1 atom stereocenters. The van der Waals surface area contributed by atoms with Crippen LogP contribution in [0.2, 0.25) is 5.02 Å². The second-order valence-electron chi connectivity index (χ2n) is 4.85. The van der Waals surface area contributed by atoms with Gasteiger partial charge in [0.25, 0.3) is 5.69 Å². The number of nitrogens with one attached hydrogen (secondary N) is 1. The minimum atomic E-state index is -0.460. The number of methoxy groups -OCH3 is 1. The molecule has 2 aromatic rings. The average molecular weight is 367 g/mol. The molecule has 2 rings (SSSR count). The predicted octanol–water partition coefficient (Wildman–Crippen LogP) is 4.38. The molecule has 0 bridgehead atoms. The fourth-order valence-electron chi connectivity index (χ4n) is 1.89. The molecule has 0 saturated heterocycles. The zero-order valence-corrected chi connectivity index (χ0v) is 14.6. The first-order chi connectivity index (χ1) is 11.4. The van der Waals surface area contributed by atoms with E-state index < -0.39 is 4.92 Å². The third kappa shape index (κ3) is 4.62. The van der Waals surface area contributed by atoms with Crippen LogP contribution in [0.3, 0.4) is 0 Å². The van der Waals surface area contributed by atoms with E-state index >= 15 is 0 Å². The predicted molar refractivity (Wildman–Crippen MR) is 95.0 cm³/mol. The number of rotatable bonds is 6. The number of nitrogens with zero attached hydrogens (tertiary/aromatic N) is 1. The van der Waals surface area contributed by atoms with E-state index in [1.54, 1.807) is 37.3 Å². The molecule has 0 aliphatic rings. The van der Waals surface area contributed by atoms with E-state index in [2.05, 4.69) is 5.32 Å². The lowest BCUT2D eigenvalue weighted by Gasteiger charge is -2.13. The van der Waals surface area contributed by atoms with Gasteiger partial charge >= 0.3 is 0 Å². The number of halogens is 1. The van der Waals surface area contributed by atoms with Crippen LogP contribution in [-0.2, 0) is 4.79 Å². The third-order valence-electron chi connectivity index (χ3n) is 3.15. The fraction of sp³-hybridized carbons (Fsp3) is 0.188. The minimum Gasteiger partial charge on any atom is -0.495 e. The van der Waals surface area contributed by atoms with Gasteiger partial charge < -0.3 is 10.1 Å². The summed E-state index contributed by atoms with van der Waals surface area (Å²) < 4.78 is 5.06. The highest BCUT2D eigenvalue weighted by Gasteiger charge is 2.16. The van der Waals surface area contributed by atoms with Crippen molar-refractivity contribution in [3.05, 3.63) is 57.6 Å². The fourth-order valence-corrected chi connectivity index (χ4v) is 3.02. The van der Waals surface area contributed by atoms with E-state index in [1.165, 1.54) is 31.0 Å². The van der Waals surface area contributed by atoms with Gasteiger partial charge in [0, 0.05) is 22.7 Å². The normalized spacial score (nSPS) is 11.6. The van der Waals surface area contributed by atoms with Gasteiger partial charge in [-0.15, -0.1) is 11.8 Å². The van der Waals surface area contributed by atoms with Crippen molar-refractivity contribution in [3.63, 3.8) is 0 Å². The Bertz CT molecular complexity index is 752. The topological polar surface area (TPSA) is 81.5 Å². The highest BCUT2D eigenvalue weighted by atomic mass is 35.5. The highest BCUT2D eigenvalue weighted by molar-refractivity contribution is 8.00. The second-order valence-corrected chi connectivity index (χ2v) is 6.67. The van der Waals surface area contributed by atoms with Crippen molar-refractivity contribution in [2.24, 2.45) is 0 Å². The first-order valence-corrected chi connectivity index (χ1v) is 8.22. The van der Waals surface area contributed by atoms with Crippen LogP contribution in [0.5, 0.6) is 5.75 Å². The molecule has 1 N–H and O–H groups in total. The number of anilines is 1. The number of non-ortho nitro benzene ring substituents is 1. The Balaban J connectivity index is 1.99. The number of hydrogen-bond donors (Lipinski definition) is 1. The Morgan fingerprint density at radius 1 is 1.29 bits per heavy atom. The lowest BCUT2D eigenvalue weighted by molar-refractivity contribution is -0.384. The van der Waals surface area contributed by atoms with E-state index in [0.29, 0.717) is 16.5 Å². The van der Waals surface area contributed by atoms with Gasteiger partial charge in [-0.25, -0.2) is 0 Å². The van der Waals surface area contributed by atoms with Crippen molar-refractivity contribution in [2.75, 3.05) is 12.4 Å². The van der Waals surface area contributed by atoms with Crippen molar-refractivity contribution in [1.29, 1.82) is 0 Å². The summed E-state index contributed by atoms with van der Waals surface area (Å²) in [6.07, 6.45) is 0. The smallest absolute Gasteiger partial charge is 0.269 e. The number of thioether (sulfide) groups is 1. The molecule has 0 unspecified atom stereocenters. The molecule has 24 heavy (non-hydrogen) atoms. The van der Waals surface area contributed by atoms with Gasteiger partial charge in [0.05, 0.1) is 22.3 Å². The summed E-state index contributed by atoms with van der Waals surface area (Å²) in [6, 6.07) is 11.1. The van der Waals surface area contributed by atoms with Crippen LogP contribution in [0.15, 0.2) is 47.4 Å². The van der Waals surface area contributed by atoms with Crippen molar-refractivity contribution in [3.8, 4) is 5.75 Å². The summed E-state index contributed by atoms with van der Waals surface area (Å²) in [6.45, 7) is 1.76. The maximum absolute atomic E-state index is 12.2. The van der Waals surface area contributed by atoms with Crippen LogP contribution in [0.4, 0.5) is 11.4 Å². The number of hydrogen-bond acceptors (Lipinski definition) is 5. The zero-order valence-electron chi connectivity index (χ0n) is 13.0. The quantitative estimate of drug-likeness (QED) is 0.466. The molecular formula is C16H15ClN2O4S. The first kappa shape index (κ1) is 18.1. The number of carbonyl (C=O) groups is 1. The summed E-state index contributed by atoms with van der Waals surface area (Å²) in [4.78, 5) is 23.2. The number of nitro benzene ring substituents is 1. The van der Waals surface area contributed by atoms with E-state index in [0.717, 1.165) is 4.90 Å². The van der Waals surface area contributed by atoms with Crippen LogP contribution in [0, 0.1) is 10.1 Å². The molecule has 0 heterocycles. The van der Waals surface area contributed by atoms with Crippen LogP contribution < -0.4 is 10.1 Å². The van der Waals surface area contributed by atoms with Crippen LogP contribution >= 0.6 is 23.4 Å².